The van der Waals surface area contributed by atoms with Gasteiger partial charge in [-0.1, -0.05) is 18.2 Å². The Morgan fingerprint density at radius 1 is 1.36 bits per heavy atom. The monoisotopic (exact) mass is 302 g/mol. The molecule has 4 N–H and O–H groups in total. The van der Waals surface area contributed by atoms with Gasteiger partial charge in [-0.15, -0.1) is 0 Å². The third kappa shape index (κ3) is 4.41. The van der Waals surface area contributed by atoms with Crippen LogP contribution in [-0.2, 0) is 6.54 Å². The zero-order valence-corrected chi connectivity index (χ0v) is 13.4. The second kappa shape index (κ2) is 7.73. The molecule has 0 unspecified atom stereocenters. The van der Waals surface area contributed by atoms with Gasteiger partial charge in [-0.3, -0.25) is 0 Å². The molecule has 0 spiro atoms. The molecule has 0 bridgehead atoms. The van der Waals surface area contributed by atoms with Crippen molar-refractivity contribution in [2.24, 2.45) is 0 Å². The van der Waals surface area contributed by atoms with Crippen LogP contribution in [0.5, 0.6) is 0 Å². The van der Waals surface area contributed by atoms with Crippen LogP contribution in [0, 0.1) is 0 Å². The van der Waals surface area contributed by atoms with Gasteiger partial charge in [0.15, 0.2) is 0 Å². The first-order valence-corrected chi connectivity index (χ1v) is 7.88. The van der Waals surface area contributed by atoms with Crippen molar-refractivity contribution in [3.63, 3.8) is 0 Å². The molecule has 1 heterocycles. The Balaban J connectivity index is 1.76. The van der Waals surface area contributed by atoms with E-state index in [4.69, 9.17) is 5.73 Å². The number of nitrogens with two attached hydrogens (primary N) is 1. The summed E-state index contributed by atoms with van der Waals surface area (Å²) >= 11 is 0. The maximum Gasteiger partial charge on any atom is 0.315 e. The van der Waals surface area contributed by atoms with Gasteiger partial charge in [0.2, 0.25) is 0 Å². The van der Waals surface area contributed by atoms with Gasteiger partial charge in [0.1, 0.15) is 0 Å². The Bertz CT molecular complexity index is 524. The van der Waals surface area contributed by atoms with E-state index in [9.17, 15) is 4.79 Å². The maximum atomic E-state index is 11.9. The van der Waals surface area contributed by atoms with Crippen LogP contribution >= 0.6 is 0 Å². The normalized spacial score (nSPS) is 18.4. The number of carbonyl (C=O) groups is 1. The Morgan fingerprint density at radius 2 is 2.09 bits per heavy atom. The number of benzene rings is 1. The third-order valence-corrected chi connectivity index (χ3v) is 4.12. The number of nitrogens with one attached hydrogen (secondary N) is 2. The largest absolute Gasteiger partial charge is 0.399 e. The standard InChI is InChI=1S/C17H26N4O/c1-3-16(21-10-4-5-13(21)2)12-20-17(22)19-11-14-6-8-15(18)9-7-14/h3,6-9,13H,4-5,10-12,18H2,1-2H3,(H2,19,20,22)/t13-/m0/s1. The number of urea groups is 1. The average molecular weight is 302 g/mol. The minimum Gasteiger partial charge on any atom is -0.399 e. The average Bonchev–Trinajstić information content (AvgIpc) is 2.94. The lowest BCUT2D eigenvalue weighted by molar-refractivity contribution is 0.239. The fraction of sp³-hybridized carbons (Fsp3) is 0.471. The lowest BCUT2D eigenvalue weighted by Gasteiger charge is -2.27. The van der Waals surface area contributed by atoms with E-state index >= 15 is 0 Å². The predicted octanol–water partition coefficient (Wildman–Crippen LogP) is 2.46. The molecule has 5 heteroatoms. The number of allylic oxidation sites excluding steroid dienone is 1. The highest BCUT2D eigenvalue weighted by molar-refractivity contribution is 5.74. The molecule has 0 saturated carbocycles. The summed E-state index contributed by atoms with van der Waals surface area (Å²) in [5, 5.41) is 5.79. The van der Waals surface area contributed by atoms with E-state index < -0.39 is 0 Å². The minimum atomic E-state index is -0.150. The molecule has 22 heavy (non-hydrogen) atoms. The topological polar surface area (TPSA) is 70.4 Å². The number of hydrogen-bond acceptors (Lipinski definition) is 3. The van der Waals surface area contributed by atoms with Crippen LogP contribution in [0.25, 0.3) is 0 Å². The molecule has 1 aromatic rings. The second-order valence-corrected chi connectivity index (χ2v) is 5.74. The van der Waals surface area contributed by atoms with Crippen molar-refractivity contribution in [3.8, 4) is 0 Å². The first-order chi connectivity index (χ1) is 10.6. The lowest BCUT2D eigenvalue weighted by Crippen LogP contribution is -2.39. The fourth-order valence-corrected chi connectivity index (χ4v) is 2.78. The number of nitrogens with zero attached hydrogens (tertiary/aromatic N) is 1. The number of likely N-dealkylation sites (tertiary alicyclic amines) is 1. The third-order valence-electron chi connectivity index (χ3n) is 4.12. The van der Waals surface area contributed by atoms with Crippen LogP contribution in [0.1, 0.15) is 32.3 Å². The number of carbonyl (C=O) groups excluding carboxylic acids is 1. The van der Waals surface area contributed by atoms with Gasteiger partial charge >= 0.3 is 6.03 Å². The van der Waals surface area contributed by atoms with E-state index in [2.05, 4.69) is 28.5 Å². The summed E-state index contributed by atoms with van der Waals surface area (Å²) < 4.78 is 0. The molecule has 0 radical (unpaired) electrons. The molecule has 0 aliphatic carbocycles. The van der Waals surface area contributed by atoms with Gasteiger partial charge in [0.25, 0.3) is 0 Å². The van der Waals surface area contributed by atoms with Crippen molar-refractivity contribution in [2.45, 2.75) is 39.3 Å². The van der Waals surface area contributed by atoms with E-state index in [1.54, 1.807) is 0 Å². The summed E-state index contributed by atoms with van der Waals surface area (Å²) in [5.41, 5.74) is 8.59. The van der Waals surface area contributed by atoms with Crippen molar-refractivity contribution in [2.75, 3.05) is 18.8 Å². The van der Waals surface area contributed by atoms with Gasteiger partial charge < -0.3 is 21.3 Å². The molecule has 1 aromatic carbocycles. The SMILES string of the molecule is CC=C(CNC(=O)NCc1ccc(N)cc1)N1CCC[C@@H]1C. The first-order valence-electron chi connectivity index (χ1n) is 7.88. The van der Waals surface area contributed by atoms with Crippen molar-refractivity contribution in [1.29, 1.82) is 0 Å². The van der Waals surface area contributed by atoms with Crippen LogP contribution in [0.15, 0.2) is 36.0 Å². The summed E-state index contributed by atoms with van der Waals surface area (Å²) in [5.74, 6) is 0. The highest BCUT2D eigenvalue weighted by Gasteiger charge is 2.21. The van der Waals surface area contributed by atoms with E-state index in [1.165, 1.54) is 18.5 Å². The number of nitrogen functional groups attached to an aromatic ring is 1. The molecular weight excluding hydrogens is 276 g/mol. The highest BCUT2D eigenvalue weighted by Crippen LogP contribution is 2.21. The molecule has 1 atom stereocenters. The van der Waals surface area contributed by atoms with Crippen LogP contribution < -0.4 is 16.4 Å². The summed E-state index contributed by atoms with van der Waals surface area (Å²) in [7, 11) is 0. The molecule has 1 aliphatic rings. The highest BCUT2D eigenvalue weighted by atomic mass is 16.2. The zero-order chi connectivity index (χ0) is 15.9. The Labute approximate surface area is 132 Å². The van der Waals surface area contributed by atoms with Crippen LogP contribution in [0.4, 0.5) is 10.5 Å². The Hall–Kier alpha value is -2.17. The molecule has 0 aromatic heterocycles. The zero-order valence-electron chi connectivity index (χ0n) is 13.4. The van der Waals surface area contributed by atoms with Gasteiger partial charge in [-0.05, 0) is 44.4 Å². The molecule has 1 fully saturated rings. The van der Waals surface area contributed by atoms with Gasteiger partial charge in [0, 0.05) is 30.5 Å². The van der Waals surface area contributed by atoms with Crippen molar-refractivity contribution >= 4 is 11.7 Å². The van der Waals surface area contributed by atoms with E-state index in [0.717, 1.165) is 17.8 Å². The Morgan fingerprint density at radius 3 is 2.68 bits per heavy atom. The molecule has 2 amide bonds. The smallest absolute Gasteiger partial charge is 0.315 e. The summed E-state index contributed by atoms with van der Waals surface area (Å²) in [4.78, 5) is 14.3. The molecule has 1 saturated heterocycles. The quantitative estimate of drug-likeness (QED) is 0.732. The van der Waals surface area contributed by atoms with Crippen molar-refractivity contribution in [3.05, 3.63) is 41.6 Å². The number of anilines is 1. The number of rotatable bonds is 5. The lowest BCUT2D eigenvalue weighted by atomic mass is 10.2. The summed E-state index contributed by atoms with van der Waals surface area (Å²) in [6.07, 6.45) is 4.53. The van der Waals surface area contributed by atoms with Crippen molar-refractivity contribution < 1.29 is 4.79 Å². The first kappa shape index (κ1) is 16.2. The predicted molar refractivity (Wildman–Crippen MR) is 90.3 cm³/mol. The second-order valence-electron chi connectivity index (χ2n) is 5.74. The number of hydrogen-bond donors (Lipinski definition) is 3. The summed E-state index contributed by atoms with van der Waals surface area (Å²) in [6.45, 7) is 6.40. The van der Waals surface area contributed by atoms with Crippen LogP contribution in [0.3, 0.4) is 0 Å². The van der Waals surface area contributed by atoms with E-state index in [1.807, 2.05) is 31.2 Å². The van der Waals surface area contributed by atoms with Gasteiger partial charge in [-0.25, -0.2) is 4.79 Å². The maximum absolute atomic E-state index is 11.9. The molecule has 5 nitrogen and oxygen atoms in total. The van der Waals surface area contributed by atoms with E-state index in [-0.39, 0.29) is 6.03 Å². The van der Waals surface area contributed by atoms with E-state index in [0.29, 0.717) is 19.1 Å². The summed E-state index contributed by atoms with van der Waals surface area (Å²) in [6, 6.07) is 7.91. The molecule has 2 rings (SSSR count). The van der Waals surface area contributed by atoms with Crippen LogP contribution in [0.2, 0.25) is 0 Å². The number of amides is 2. The fourth-order valence-electron chi connectivity index (χ4n) is 2.78. The molecule has 1 aliphatic heterocycles. The van der Waals surface area contributed by atoms with Gasteiger partial charge in [-0.2, -0.15) is 0 Å². The molecular formula is C17H26N4O. The van der Waals surface area contributed by atoms with Crippen molar-refractivity contribution in [1.82, 2.24) is 15.5 Å². The molecule has 120 valence electrons. The van der Waals surface area contributed by atoms with Crippen LogP contribution in [-0.4, -0.2) is 30.1 Å². The minimum absolute atomic E-state index is 0.150. The van der Waals surface area contributed by atoms with Gasteiger partial charge in [0.05, 0.1) is 6.54 Å². The Kier molecular flexibility index (Phi) is 5.69.